The van der Waals surface area contributed by atoms with Gasteiger partial charge in [-0.3, -0.25) is 0 Å². The monoisotopic (exact) mass is 675 g/mol. The molecule has 0 aliphatic carbocycles. The number of rotatable bonds is 3. The van der Waals surface area contributed by atoms with Gasteiger partial charge >= 0.3 is 0 Å². The lowest BCUT2D eigenvalue weighted by molar-refractivity contribution is 0.663. The van der Waals surface area contributed by atoms with Gasteiger partial charge in [0.25, 0.3) is 0 Å². The van der Waals surface area contributed by atoms with Crippen LogP contribution in [0.3, 0.4) is 0 Å². The third kappa shape index (κ3) is 3.62. The first-order chi connectivity index (χ1) is 24.7. The quantitative estimate of drug-likeness (QED) is 0.186. The van der Waals surface area contributed by atoms with Crippen LogP contribution >= 0.6 is 22.7 Å². The van der Waals surface area contributed by atoms with Gasteiger partial charge in [-0.05, 0) is 53.2 Å². The third-order valence-electron chi connectivity index (χ3n) is 9.90. The normalized spacial score (nSPS) is 12.4. The van der Waals surface area contributed by atoms with Crippen molar-refractivity contribution in [1.29, 1.82) is 0 Å². The molecule has 12 rings (SSSR count). The van der Waals surface area contributed by atoms with Gasteiger partial charge in [0.2, 0.25) is 0 Å². The van der Waals surface area contributed by atoms with Crippen LogP contribution in [0.15, 0.2) is 136 Å². The van der Waals surface area contributed by atoms with E-state index in [1.807, 2.05) is 42.5 Å². The summed E-state index contributed by atoms with van der Waals surface area (Å²) in [4.78, 5) is 15.3. The first-order valence-electron chi connectivity index (χ1n) is 16.4. The van der Waals surface area contributed by atoms with E-state index in [0.717, 1.165) is 70.7 Å². The molecule has 0 radical (unpaired) electrons. The smallest absolute Gasteiger partial charge is 0.167 e. The maximum absolute atomic E-state index is 6.79. The Kier molecular flexibility index (Phi) is 5.20. The Labute approximate surface area is 291 Å². The molecule has 0 aliphatic heterocycles. The molecule has 232 valence electrons. The number of nitrogens with zero attached hydrogens (tertiary/aromatic N) is 3. The van der Waals surface area contributed by atoms with Crippen LogP contribution in [0.25, 0.3) is 118 Å². The maximum Gasteiger partial charge on any atom is 0.167 e. The third-order valence-corrected chi connectivity index (χ3v) is 12.2. The Hall–Kier alpha value is -6.15. The van der Waals surface area contributed by atoms with E-state index in [-0.39, 0.29) is 0 Å². The van der Waals surface area contributed by atoms with E-state index in [4.69, 9.17) is 23.8 Å². The van der Waals surface area contributed by atoms with Crippen LogP contribution in [0, 0.1) is 0 Å². The van der Waals surface area contributed by atoms with Crippen molar-refractivity contribution < 1.29 is 8.83 Å². The van der Waals surface area contributed by atoms with Crippen molar-refractivity contribution in [2.24, 2.45) is 0 Å². The Morgan fingerprint density at radius 1 is 0.420 bits per heavy atom. The van der Waals surface area contributed by atoms with Crippen molar-refractivity contribution in [3.63, 3.8) is 0 Å². The standard InChI is InChI=1S/C43H21N3O2S2/c1-2-8-22(9-3-1)41-44-42(24-14-15-27-26-12-6-7-13-32(26)49-34(27)21-24)46-43(45-41)28-16-19-33-38-36-30(48-39(28)38)18-17-29-35(36)37-31(47-29)20-23-10-4-5-11-25(23)40(37)50-33/h1-21H. The summed E-state index contributed by atoms with van der Waals surface area (Å²) >= 11 is 3.57. The van der Waals surface area contributed by atoms with Gasteiger partial charge in [-0.25, -0.2) is 15.0 Å². The van der Waals surface area contributed by atoms with Gasteiger partial charge in [-0.2, -0.15) is 0 Å². The van der Waals surface area contributed by atoms with Gasteiger partial charge in [-0.15, -0.1) is 22.7 Å². The lowest BCUT2D eigenvalue weighted by Crippen LogP contribution is -2.00. The van der Waals surface area contributed by atoms with E-state index in [9.17, 15) is 0 Å². The van der Waals surface area contributed by atoms with Crippen LogP contribution in [0.5, 0.6) is 0 Å². The molecule has 0 bridgehead atoms. The lowest BCUT2D eigenvalue weighted by atomic mass is 10.0. The summed E-state index contributed by atoms with van der Waals surface area (Å²) in [6.45, 7) is 0. The van der Waals surface area contributed by atoms with E-state index in [1.165, 1.54) is 30.3 Å². The van der Waals surface area contributed by atoms with E-state index in [1.54, 1.807) is 22.7 Å². The summed E-state index contributed by atoms with van der Waals surface area (Å²) in [5.41, 5.74) is 6.03. The minimum atomic E-state index is 0.571. The first-order valence-corrected chi connectivity index (χ1v) is 18.1. The van der Waals surface area contributed by atoms with Crippen molar-refractivity contribution >= 4 is 107 Å². The molecule has 12 aromatic rings. The Morgan fingerprint density at radius 2 is 1.14 bits per heavy atom. The number of furan rings is 2. The fourth-order valence-electron chi connectivity index (χ4n) is 7.66. The highest BCUT2D eigenvalue weighted by Crippen LogP contribution is 2.50. The summed E-state index contributed by atoms with van der Waals surface area (Å²) in [7, 11) is 0. The molecule has 7 aromatic carbocycles. The molecule has 5 nitrogen and oxygen atoms in total. The second-order valence-electron chi connectivity index (χ2n) is 12.7. The fraction of sp³-hybridized carbons (Fsp3) is 0. The molecule has 5 aromatic heterocycles. The zero-order chi connectivity index (χ0) is 32.5. The lowest BCUT2D eigenvalue weighted by Gasteiger charge is -2.09. The van der Waals surface area contributed by atoms with Gasteiger partial charge in [-0.1, -0.05) is 84.9 Å². The van der Waals surface area contributed by atoms with E-state index in [2.05, 4.69) is 84.9 Å². The highest BCUT2D eigenvalue weighted by Gasteiger charge is 2.25. The zero-order valence-corrected chi connectivity index (χ0v) is 27.7. The summed E-state index contributed by atoms with van der Waals surface area (Å²) in [6.07, 6.45) is 0. The molecule has 0 amide bonds. The summed E-state index contributed by atoms with van der Waals surface area (Å²) in [6, 6.07) is 44.2. The zero-order valence-electron chi connectivity index (χ0n) is 26.1. The minimum absolute atomic E-state index is 0.571. The van der Waals surface area contributed by atoms with Crippen LogP contribution in [0.2, 0.25) is 0 Å². The van der Waals surface area contributed by atoms with Crippen molar-refractivity contribution in [2.75, 3.05) is 0 Å². The van der Waals surface area contributed by atoms with Gasteiger partial charge in [0, 0.05) is 62.2 Å². The molecule has 0 spiro atoms. The average Bonchev–Trinajstić information content (AvgIpc) is 3.82. The van der Waals surface area contributed by atoms with Crippen molar-refractivity contribution in [3.8, 4) is 34.2 Å². The van der Waals surface area contributed by atoms with Gasteiger partial charge in [0.05, 0.1) is 5.56 Å². The van der Waals surface area contributed by atoms with E-state index in [0.29, 0.717) is 17.5 Å². The van der Waals surface area contributed by atoms with Crippen LogP contribution in [-0.2, 0) is 0 Å². The molecular formula is C43H21N3O2S2. The molecule has 0 N–H and O–H groups in total. The SMILES string of the molecule is c1ccc(-c2nc(-c3ccc4c(c3)sc3ccccc34)nc(-c3ccc4sc5c6ccccc6cc6oc7ccc8oc3c4c8c7c65)n2)cc1. The largest absolute Gasteiger partial charge is 0.456 e. The van der Waals surface area contributed by atoms with Crippen LogP contribution in [0.1, 0.15) is 0 Å². The minimum Gasteiger partial charge on any atom is -0.456 e. The highest BCUT2D eigenvalue weighted by atomic mass is 32.1. The fourth-order valence-corrected chi connectivity index (χ4v) is 10.1. The molecule has 0 unspecified atom stereocenters. The predicted octanol–water partition coefficient (Wildman–Crippen LogP) is 12.8. The number of thiophene rings is 1. The van der Waals surface area contributed by atoms with E-state index < -0.39 is 0 Å². The second kappa shape index (κ2) is 9.72. The molecule has 0 atom stereocenters. The highest BCUT2D eigenvalue weighted by molar-refractivity contribution is 7.26. The van der Waals surface area contributed by atoms with Gasteiger partial charge in [0.15, 0.2) is 17.5 Å². The van der Waals surface area contributed by atoms with Crippen molar-refractivity contribution in [3.05, 3.63) is 127 Å². The molecule has 0 fully saturated rings. The molecule has 0 saturated heterocycles. The van der Waals surface area contributed by atoms with Crippen molar-refractivity contribution in [2.45, 2.75) is 0 Å². The molecule has 0 aliphatic rings. The van der Waals surface area contributed by atoms with Crippen molar-refractivity contribution in [1.82, 2.24) is 15.0 Å². The van der Waals surface area contributed by atoms with Crippen LogP contribution in [-0.4, -0.2) is 15.0 Å². The number of benzene rings is 7. The summed E-state index contributed by atoms with van der Waals surface area (Å²) in [5, 5.41) is 9.25. The van der Waals surface area contributed by atoms with Crippen LogP contribution in [0.4, 0.5) is 0 Å². The Morgan fingerprint density at radius 3 is 2.04 bits per heavy atom. The van der Waals surface area contributed by atoms with Crippen LogP contribution < -0.4 is 0 Å². The number of fused-ring (bicyclic) bond motifs is 5. The molecule has 50 heavy (non-hydrogen) atoms. The predicted molar refractivity (Wildman–Crippen MR) is 208 cm³/mol. The topological polar surface area (TPSA) is 65.0 Å². The summed E-state index contributed by atoms with van der Waals surface area (Å²) < 4.78 is 18.1. The second-order valence-corrected chi connectivity index (χ2v) is 14.9. The molecular weight excluding hydrogens is 655 g/mol. The van der Waals surface area contributed by atoms with Gasteiger partial charge < -0.3 is 8.83 Å². The van der Waals surface area contributed by atoms with Gasteiger partial charge in [0.1, 0.15) is 22.3 Å². The number of hydrogen-bond acceptors (Lipinski definition) is 7. The number of aromatic nitrogens is 3. The Balaban J connectivity index is 1.16. The summed E-state index contributed by atoms with van der Waals surface area (Å²) in [5.74, 6) is 1.81. The molecule has 5 heterocycles. The number of hydrogen-bond donors (Lipinski definition) is 0. The molecule has 7 heteroatoms. The molecule has 0 saturated carbocycles. The van der Waals surface area contributed by atoms with E-state index >= 15 is 0 Å². The average molecular weight is 676 g/mol. The first kappa shape index (κ1) is 26.8. The maximum atomic E-state index is 6.79. The Bertz CT molecular complexity index is 3330.